The summed E-state index contributed by atoms with van der Waals surface area (Å²) in [5.41, 5.74) is 2.80. The minimum Gasteiger partial charge on any atom is -0.460 e. The van der Waals surface area contributed by atoms with Crippen molar-refractivity contribution in [3.63, 3.8) is 0 Å². The Labute approximate surface area is 148 Å². The summed E-state index contributed by atoms with van der Waals surface area (Å²) in [6.07, 6.45) is 0.798. The number of nitrogens with zero attached hydrogens (tertiary/aromatic N) is 3. The molecule has 2 heterocycles. The van der Waals surface area contributed by atoms with Crippen molar-refractivity contribution in [3.05, 3.63) is 77.1 Å². The van der Waals surface area contributed by atoms with Gasteiger partial charge in [-0.25, -0.2) is 4.39 Å². The molecule has 0 aliphatic carbocycles. The van der Waals surface area contributed by atoms with Crippen molar-refractivity contribution in [2.24, 2.45) is 0 Å². The Balaban J connectivity index is 1.62. The molecule has 132 valence electrons. The highest BCUT2D eigenvalue weighted by Crippen LogP contribution is 2.30. The molecule has 0 amide bonds. The van der Waals surface area contributed by atoms with Gasteiger partial charge in [0.15, 0.2) is 0 Å². The Kier molecular flexibility index (Phi) is 4.45. The van der Waals surface area contributed by atoms with Crippen LogP contribution in [0.1, 0.15) is 35.2 Å². The third kappa shape index (κ3) is 3.34. The molecule has 0 radical (unpaired) electrons. The molecule has 0 spiro atoms. The third-order valence-electron chi connectivity index (χ3n) is 4.39. The van der Waals surface area contributed by atoms with E-state index in [1.165, 1.54) is 12.1 Å². The quantitative estimate of drug-likeness (QED) is 0.556. The number of aliphatic hydroxyl groups excluding tert-OH is 1. The molecule has 0 aliphatic heterocycles. The lowest BCUT2D eigenvalue weighted by molar-refractivity contribution is 0.158. The zero-order chi connectivity index (χ0) is 17.9. The van der Waals surface area contributed by atoms with Crippen molar-refractivity contribution >= 4 is 11.0 Å². The maximum absolute atomic E-state index is 13.1. The molecule has 1 unspecified atom stereocenters. The molecule has 6 nitrogen and oxygen atoms in total. The summed E-state index contributed by atoms with van der Waals surface area (Å²) in [5, 5.41) is 24.7. The van der Waals surface area contributed by atoms with Gasteiger partial charge in [-0.1, -0.05) is 35.5 Å². The van der Waals surface area contributed by atoms with Crippen LogP contribution in [0.15, 0.2) is 52.9 Å². The van der Waals surface area contributed by atoms with Gasteiger partial charge in [0.05, 0.1) is 0 Å². The summed E-state index contributed by atoms with van der Waals surface area (Å²) in [6.45, 7) is 0. The number of tetrazole rings is 1. The number of nitrogens with one attached hydrogen (secondary N) is 1. The van der Waals surface area contributed by atoms with Crippen LogP contribution in [0.25, 0.3) is 11.0 Å². The Morgan fingerprint density at radius 3 is 2.69 bits per heavy atom. The van der Waals surface area contributed by atoms with Crippen LogP contribution < -0.4 is 0 Å². The van der Waals surface area contributed by atoms with Gasteiger partial charge in [0, 0.05) is 17.4 Å². The number of fused-ring (bicyclic) bond motifs is 1. The SMILES string of the molecule is OC(CCc1c(Cc2ccc(F)cc2)oc2ccccc12)c1nn[nH]n1. The molecule has 26 heavy (non-hydrogen) atoms. The van der Waals surface area contributed by atoms with Gasteiger partial charge in [0.1, 0.15) is 23.3 Å². The van der Waals surface area contributed by atoms with Crippen LogP contribution in [-0.4, -0.2) is 25.7 Å². The largest absolute Gasteiger partial charge is 0.460 e. The zero-order valence-corrected chi connectivity index (χ0v) is 13.9. The van der Waals surface area contributed by atoms with Gasteiger partial charge in [0.25, 0.3) is 0 Å². The van der Waals surface area contributed by atoms with Crippen LogP contribution in [0.4, 0.5) is 4.39 Å². The molecular formula is C19H17FN4O2. The Hall–Kier alpha value is -3.06. The highest BCUT2D eigenvalue weighted by atomic mass is 19.1. The Morgan fingerprint density at radius 1 is 1.12 bits per heavy atom. The van der Waals surface area contributed by atoms with E-state index in [1.54, 1.807) is 12.1 Å². The average molecular weight is 352 g/mol. The fourth-order valence-electron chi connectivity index (χ4n) is 3.07. The lowest BCUT2D eigenvalue weighted by atomic mass is 9.99. The number of hydrogen-bond acceptors (Lipinski definition) is 5. The second-order valence-corrected chi connectivity index (χ2v) is 6.13. The second kappa shape index (κ2) is 7.05. The molecule has 0 bridgehead atoms. The van der Waals surface area contributed by atoms with Crippen molar-refractivity contribution in [2.45, 2.75) is 25.4 Å². The fraction of sp³-hybridized carbons (Fsp3) is 0.211. The summed E-state index contributed by atoms with van der Waals surface area (Å²) >= 11 is 0. The topological polar surface area (TPSA) is 87.8 Å². The van der Waals surface area contributed by atoms with Gasteiger partial charge in [-0.2, -0.15) is 5.21 Å². The first-order valence-electron chi connectivity index (χ1n) is 8.36. The lowest BCUT2D eigenvalue weighted by Gasteiger charge is -2.07. The van der Waals surface area contributed by atoms with Crippen molar-refractivity contribution in [3.8, 4) is 0 Å². The first kappa shape index (κ1) is 16.4. The van der Waals surface area contributed by atoms with Crippen LogP contribution in [0.3, 0.4) is 0 Å². The molecule has 4 rings (SSSR count). The first-order valence-corrected chi connectivity index (χ1v) is 8.36. The molecule has 4 aromatic rings. The maximum Gasteiger partial charge on any atom is 0.202 e. The average Bonchev–Trinajstić information content (AvgIpc) is 3.30. The van der Waals surface area contributed by atoms with E-state index in [1.807, 2.05) is 24.3 Å². The summed E-state index contributed by atoms with van der Waals surface area (Å²) < 4.78 is 19.2. The number of halogens is 1. The minimum atomic E-state index is -0.805. The van der Waals surface area contributed by atoms with Crippen molar-refractivity contribution < 1.29 is 13.9 Å². The summed E-state index contributed by atoms with van der Waals surface area (Å²) in [4.78, 5) is 0. The smallest absolute Gasteiger partial charge is 0.202 e. The molecular weight excluding hydrogens is 335 g/mol. The fourth-order valence-corrected chi connectivity index (χ4v) is 3.07. The van der Waals surface area contributed by atoms with Gasteiger partial charge < -0.3 is 9.52 Å². The summed E-state index contributed by atoms with van der Waals surface area (Å²) in [6, 6.07) is 14.2. The van der Waals surface area contributed by atoms with Gasteiger partial charge in [-0.05, 0) is 36.6 Å². The molecule has 1 atom stereocenters. The molecule has 2 N–H and O–H groups in total. The van der Waals surface area contributed by atoms with Gasteiger partial charge in [-0.3, -0.25) is 0 Å². The van der Waals surface area contributed by atoms with Crippen molar-refractivity contribution in [1.29, 1.82) is 0 Å². The van der Waals surface area contributed by atoms with E-state index in [0.29, 0.717) is 19.3 Å². The number of hydrogen-bond donors (Lipinski definition) is 2. The molecule has 2 aromatic carbocycles. The normalized spacial score (nSPS) is 12.5. The Bertz CT molecular complexity index is 996. The predicted octanol–water partition coefficient (Wildman–Crippen LogP) is 3.34. The van der Waals surface area contributed by atoms with E-state index in [4.69, 9.17) is 4.42 Å². The van der Waals surface area contributed by atoms with Crippen LogP contribution in [0.5, 0.6) is 0 Å². The number of aryl methyl sites for hydroxylation is 1. The summed E-state index contributed by atoms with van der Waals surface area (Å²) in [7, 11) is 0. The zero-order valence-electron chi connectivity index (χ0n) is 13.9. The van der Waals surface area contributed by atoms with Gasteiger partial charge >= 0.3 is 0 Å². The van der Waals surface area contributed by atoms with E-state index < -0.39 is 6.10 Å². The van der Waals surface area contributed by atoms with Crippen molar-refractivity contribution in [2.75, 3.05) is 0 Å². The second-order valence-electron chi connectivity index (χ2n) is 6.13. The highest BCUT2D eigenvalue weighted by molar-refractivity contribution is 5.82. The van der Waals surface area contributed by atoms with Crippen molar-refractivity contribution in [1.82, 2.24) is 20.6 Å². The number of rotatable bonds is 6. The van der Waals surface area contributed by atoms with E-state index in [0.717, 1.165) is 27.9 Å². The number of H-pyrrole nitrogens is 1. The van der Waals surface area contributed by atoms with Crippen LogP contribution in [-0.2, 0) is 12.8 Å². The highest BCUT2D eigenvalue weighted by Gasteiger charge is 2.18. The van der Waals surface area contributed by atoms with Crippen LogP contribution >= 0.6 is 0 Å². The predicted molar refractivity (Wildman–Crippen MR) is 92.9 cm³/mol. The maximum atomic E-state index is 13.1. The monoisotopic (exact) mass is 352 g/mol. The molecule has 2 aromatic heterocycles. The first-order chi connectivity index (χ1) is 12.7. The standard InChI is InChI=1S/C19H17FN4O2/c20-13-7-5-12(6-8-13)11-18-15(14-3-1-2-4-17(14)26-18)9-10-16(25)19-21-23-24-22-19/h1-8,16,25H,9-11H2,(H,21,22,23,24). The number of benzene rings is 2. The number of aliphatic hydroxyl groups is 1. The summed E-state index contributed by atoms with van der Waals surface area (Å²) in [5.74, 6) is 0.831. The number of furan rings is 1. The van der Waals surface area contributed by atoms with E-state index in [2.05, 4.69) is 20.6 Å². The number of para-hydroxylation sites is 1. The van der Waals surface area contributed by atoms with Crippen LogP contribution in [0.2, 0.25) is 0 Å². The molecule has 7 heteroatoms. The van der Waals surface area contributed by atoms with E-state index >= 15 is 0 Å². The molecule has 0 fully saturated rings. The lowest BCUT2D eigenvalue weighted by Crippen LogP contribution is -2.03. The van der Waals surface area contributed by atoms with E-state index in [-0.39, 0.29) is 11.6 Å². The van der Waals surface area contributed by atoms with E-state index in [9.17, 15) is 9.50 Å². The third-order valence-corrected chi connectivity index (χ3v) is 4.39. The molecule has 0 saturated carbocycles. The van der Waals surface area contributed by atoms with Crippen LogP contribution in [0, 0.1) is 5.82 Å². The minimum absolute atomic E-state index is 0.262. The molecule has 0 aliphatic rings. The van der Waals surface area contributed by atoms with Gasteiger partial charge in [-0.15, -0.1) is 10.2 Å². The number of aromatic nitrogens is 4. The number of aromatic amines is 1. The van der Waals surface area contributed by atoms with Gasteiger partial charge in [0.2, 0.25) is 5.82 Å². The molecule has 0 saturated heterocycles. The Morgan fingerprint density at radius 2 is 1.92 bits per heavy atom.